The van der Waals surface area contributed by atoms with E-state index in [1.165, 1.54) is 12.1 Å². The summed E-state index contributed by atoms with van der Waals surface area (Å²) in [5.41, 5.74) is 1.42. The first kappa shape index (κ1) is 24.3. The fraction of sp³-hybridized carbons (Fsp3) is 0.250. The van der Waals surface area contributed by atoms with E-state index in [1.807, 2.05) is 26.0 Å². The summed E-state index contributed by atoms with van der Waals surface area (Å²) in [6.07, 6.45) is -1.15. The van der Waals surface area contributed by atoms with Gasteiger partial charge >= 0.3 is 0 Å². The van der Waals surface area contributed by atoms with Gasteiger partial charge in [0.15, 0.2) is 6.35 Å². The number of nitrogens with one attached hydrogen (secondary N) is 3. The van der Waals surface area contributed by atoms with Crippen LogP contribution in [0.3, 0.4) is 0 Å². The maximum atomic E-state index is 13.0. The fourth-order valence-electron chi connectivity index (χ4n) is 2.98. The number of carbonyl (C=O) groups is 1. The molecule has 9 heteroatoms. The third-order valence-electron chi connectivity index (χ3n) is 4.55. The summed E-state index contributed by atoms with van der Waals surface area (Å²) in [4.78, 5) is 16.9. The Morgan fingerprint density at radius 2 is 1.64 bits per heavy atom. The van der Waals surface area contributed by atoms with Crippen LogP contribution >= 0.6 is 0 Å². The average Bonchev–Trinajstić information content (AvgIpc) is 2.79. The number of hydrogen-bond acceptors (Lipinski definition) is 7. The van der Waals surface area contributed by atoms with Gasteiger partial charge in [0, 0.05) is 11.6 Å². The zero-order valence-corrected chi connectivity index (χ0v) is 18.3. The maximum Gasteiger partial charge on any atom is 0.245 e. The number of halogens is 1. The molecule has 3 aromatic rings. The number of aliphatic hydroxyl groups excluding tert-OH is 2. The van der Waals surface area contributed by atoms with Gasteiger partial charge in [0.05, 0.1) is 12.3 Å². The van der Waals surface area contributed by atoms with Crippen LogP contribution in [0.4, 0.5) is 10.2 Å². The number of rotatable bonds is 10. The van der Waals surface area contributed by atoms with Gasteiger partial charge in [-0.2, -0.15) is 0 Å². The Balaban J connectivity index is 1.65. The van der Waals surface area contributed by atoms with Gasteiger partial charge in [0.1, 0.15) is 29.2 Å². The highest BCUT2D eigenvalue weighted by Crippen LogP contribution is 2.25. The van der Waals surface area contributed by atoms with Crippen LogP contribution in [0.15, 0.2) is 66.7 Å². The van der Waals surface area contributed by atoms with Crippen molar-refractivity contribution in [1.29, 1.82) is 0 Å². The summed E-state index contributed by atoms with van der Waals surface area (Å²) < 4.78 is 18.7. The van der Waals surface area contributed by atoms with Crippen LogP contribution in [0.25, 0.3) is 11.3 Å². The normalized spacial score (nSPS) is 12.9. The molecule has 2 atom stereocenters. The van der Waals surface area contributed by atoms with Crippen LogP contribution in [0.1, 0.15) is 13.8 Å². The molecule has 1 unspecified atom stereocenters. The largest absolute Gasteiger partial charge is 0.457 e. The molecule has 8 nitrogen and oxygen atoms in total. The molecule has 3 rings (SSSR count). The first-order valence-corrected chi connectivity index (χ1v) is 10.5. The van der Waals surface area contributed by atoms with Crippen molar-refractivity contribution in [2.45, 2.75) is 32.3 Å². The molecule has 0 aliphatic rings. The Kier molecular flexibility index (Phi) is 8.45. The van der Waals surface area contributed by atoms with Gasteiger partial charge in [0.25, 0.3) is 0 Å². The first-order valence-electron chi connectivity index (χ1n) is 10.5. The molecule has 174 valence electrons. The van der Waals surface area contributed by atoms with Gasteiger partial charge in [-0.1, -0.05) is 6.07 Å². The lowest BCUT2D eigenvalue weighted by Crippen LogP contribution is -2.54. The molecule has 0 bridgehead atoms. The Morgan fingerprint density at radius 1 is 1.00 bits per heavy atom. The van der Waals surface area contributed by atoms with Crippen LogP contribution < -0.4 is 20.7 Å². The van der Waals surface area contributed by atoms with Crippen molar-refractivity contribution in [3.63, 3.8) is 0 Å². The van der Waals surface area contributed by atoms with Gasteiger partial charge < -0.3 is 20.3 Å². The SMILES string of the molecule is CC(C)NC(O)N[C@@H](CO)C(=O)Nc1cccc(-c2ccc(Oc3ccc(F)cc3)cc2)n1. The van der Waals surface area contributed by atoms with Crippen LogP contribution in [0.2, 0.25) is 0 Å². The predicted octanol–water partition coefficient (Wildman–Crippen LogP) is 2.84. The summed E-state index contributed by atoms with van der Waals surface area (Å²) in [6.45, 7) is 3.18. The van der Waals surface area contributed by atoms with E-state index in [-0.39, 0.29) is 11.9 Å². The second-order valence-electron chi connectivity index (χ2n) is 7.60. The number of nitrogens with zero attached hydrogens (tertiary/aromatic N) is 1. The standard InChI is InChI=1S/C24H27FN4O4/c1-15(2)26-24(32)28-21(14-30)23(31)29-22-5-3-4-20(27-22)16-6-10-18(11-7-16)33-19-12-8-17(25)9-13-19/h3-13,15,21,24,26,28,30,32H,14H2,1-2H3,(H,27,29,31)/t21-,24?/m0/s1. The Bertz CT molecular complexity index is 1050. The second kappa shape index (κ2) is 11.5. The van der Waals surface area contributed by atoms with Gasteiger partial charge in [-0.3, -0.25) is 15.4 Å². The number of benzene rings is 2. The Hall–Kier alpha value is -3.37. The molecule has 0 spiro atoms. The van der Waals surface area contributed by atoms with Crippen molar-refractivity contribution in [1.82, 2.24) is 15.6 Å². The molecule has 0 aliphatic carbocycles. The average molecular weight is 455 g/mol. The summed E-state index contributed by atoms with van der Waals surface area (Å²) in [5, 5.41) is 27.5. The third kappa shape index (κ3) is 7.33. The lowest BCUT2D eigenvalue weighted by atomic mass is 10.1. The predicted molar refractivity (Wildman–Crippen MR) is 123 cm³/mol. The number of aliphatic hydroxyl groups is 2. The van der Waals surface area contributed by atoms with Crippen molar-refractivity contribution >= 4 is 11.7 Å². The number of aromatic nitrogens is 1. The number of amides is 1. The highest BCUT2D eigenvalue weighted by molar-refractivity contribution is 5.94. The molecule has 0 saturated heterocycles. The van der Waals surface area contributed by atoms with Crippen molar-refractivity contribution in [2.75, 3.05) is 11.9 Å². The van der Waals surface area contributed by atoms with Gasteiger partial charge in [0.2, 0.25) is 5.91 Å². The number of carbonyl (C=O) groups excluding carboxylic acids is 1. The zero-order chi connectivity index (χ0) is 23.8. The van der Waals surface area contributed by atoms with Crippen molar-refractivity contribution in [2.24, 2.45) is 0 Å². The molecule has 33 heavy (non-hydrogen) atoms. The van der Waals surface area contributed by atoms with E-state index in [1.54, 1.807) is 42.5 Å². The highest BCUT2D eigenvalue weighted by atomic mass is 19.1. The van der Waals surface area contributed by atoms with Crippen LogP contribution in [-0.2, 0) is 4.79 Å². The van der Waals surface area contributed by atoms with Crippen LogP contribution in [0.5, 0.6) is 11.5 Å². The first-order chi connectivity index (χ1) is 15.8. The molecular formula is C24H27FN4O4. The third-order valence-corrected chi connectivity index (χ3v) is 4.55. The smallest absolute Gasteiger partial charge is 0.245 e. The minimum Gasteiger partial charge on any atom is -0.457 e. The van der Waals surface area contributed by atoms with E-state index < -0.39 is 24.9 Å². The topological polar surface area (TPSA) is 116 Å². The zero-order valence-electron chi connectivity index (χ0n) is 18.3. The minimum atomic E-state index is -1.15. The van der Waals surface area contributed by atoms with Gasteiger partial charge in [-0.25, -0.2) is 9.37 Å². The monoisotopic (exact) mass is 454 g/mol. The molecule has 5 N–H and O–H groups in total. The molecular weight excluding hydrogens is 427 g/mol. The van der Waals surface area contributed by atoms with Crippen LogP contribution in [-0.4, -0.2) is 46.1 Å². The molecule has 1 heterocycles. The lowest BCUT2D eigenvalue weighted by Gasteiger charge is -2.22. The lowest BCUT2D eigenvalue weighted by molar-refractivity contribution is -0.120. The number of hydrogen-bond donors (Lipinski definition) is 5. The van der Waals surface area contributed by atoms with Crippen molar-refractivity contribution in [3.8, 4) is 22.8 Å². The molecule has 1 amide bonds. The van der Waals surface area contributed by atoms with E-state index >= 15 is 0 Å². The molecule has 0 fully saturated rings. The maximum absolute atomic E-state index is 13.0. The molecule has 0 saturated carbocycles. The number of pyridine rings is 1. The summed E-state index contributed by atoms with van der Waals surface area (Å²) in [7, 11) is 0. The van der Waals surface area contributed by atoms with Gasteiger partial charge in [-0.05, 0) is 74.5 Å². The minimum absolute atomic E-state index is 0.0132. The molecule has 0 aliphatic heterocycles. The van der Waals surface area contributed by atoms with E-state index in [4.69, 9.17) is 4.74 Å². The van der Waals surface area contributed by atoms with Crippen LogP contribution in [0, 0.1) is 5.82 Å². The quantitative estimate of drug-likeness (QED) is 0.299. The van der Waals surface area contributed by atoms with E-state index in [0.29, 0.717) is 23.0 Å². The molecule has 0 radical (unpaired) electrons. The van der Waals surface area contributed by atoms with Gasteiger partial charge in [-0.15, -0.1) is 0 Å². The fourth-order valence-corrected chi connectivity index (χ4v) is 2.98. The summed E-state index contributed by atoms with van der Waals surface area (Å²) >= 11 is 0. The van der Waals surface area contributed by atoms with E-state index in [9.17, 15) is 19.4 Å². The molecule has 2 aromatic carbocycles. The van der Waals surface area contributed by atoms with Crippen molar-refractivity contribution in [3.05, 3.63) is 72.5 Å². The van der Waals surface area contributed by atoms with E-state index in [2.05, 4.69) is 20.9 Å². The summed E-state index contributed by atoms with van der Waals surface area (Å²) in [6, 6.07) is 17.0. The number of anilines is 1. The second-order valence-corrected chi connectivity index (χ2v) is 7.60. The highest BCUT2D eigenvalue weighted by Gasteiger charge is 2.21. The number of ether oxygens (including phenoxy) is 1. The Morgan fingerprint density at radius 3 is 2.24 bits per heavy atom. The van der Waals surface area contributed by atoms with E-state index in [0.717, 1.165) is 5.56 Å². The molecule has 1 aromatic heterocycles. The summed E-state index contributed by atoms with van der Waals surface area (Å²) in [5.74, 6) is 0.540. The van der Waals surface area contributed by atoms with Crippen molar-refractivity contribution < 1.29 is 24.1 Å². The Labute approximate surface area is 191 Å².